The highest BCUT2D eigenvalue weighted by Gasteiger charge is 2.23. The molecule has 0 aliphatic heterocycles. The number of rotatable bonds is 4. The zero-order valence-corrected chi connectivity index (χ0v) is 13.0. The van der Waals surface area contributed by atoms with Crippen LogP contribution in [0.4, 0.5) is 5.69 Å². The molecule has 0 saturated heterocycles. The van der Waals surface area contributed by atoms with Crippen LogP contribution in [0.5, 0.6) is 0 Å². The van der Waals surface area contributed by atoms with Gasteiger partial charge in [0.25, 0.3) is 0 Å². The van der Waals surface area contributed by atoms with Crippen molar-refractivity contribution < 1.29 is 4.79 Å². The summed E-state index contributed by atoms with van der Waals surface area (Å²) in [6, 6.07) is 28.4. The van der Waals surface area contributed by atoms with Gasteiger partial charge in [-0.1, -0.05) is 72.8 Å². The monoisotopic (exact) mass is 312 g/mol. The maximum Gasteiger partial charge on any atom is 0.236 e. The molecule has 0 fully saturated rings. The number of hydrogen-bond acceptors (Lipinski definition) is 2. The van der Waals surface area contributed by atoms with E-state index in [1.54, 1.807) is 24.3 Å². The minimum absolute atomic E-state index is 0.157. The van der Waals surface area contributed by atoms with E-state index in [-0.39, 0.29) is 5.91 Å². The fourth-order valence-corrected chi connectivity index (χ4v) is 2.68. The Labute approximate surface area is 141 Å². The maximum absolute atomic E-state index is 13.0. The van der Waals surface area contributed by atoms with Crippen LogP contribution in [-0.2, 0) is 4.79 Å². The molecule has 3 rings (SSSR count). The quantitative estimate of drug-likeness (QED) is 0.779. The molecule has 0 saturated carbocycles. The van der Waals surface area contributed by atoms with Crippen molar-refractivity contribution in [3.05, 3.63) is 102 Å². The highest BCUT2D eigenvalue weighted by Crippen LogP contribution is 2.27. The zero-order valence-electron chi connectivity index (χ0n) is 13.0. The van der Waals surface area contributed by atoms with Crippen molar-refractivity contribution in [1.29, 1.82) is 5.26 Å². The first-order valence-electron chi connectivity index (χ1n) is 7.69. The fraction of sp³-hybridized carbons (Fsp3) is 0.0476. The molecular weight excluding hydrogens is 296 g/mol. The summed E-state index contributed by atoms with van der Waals surface area (Å²) in [7, 11) is 0. The number of nitrogens with zero attached hydrogens (tertiary/aromatic N) is 1. The van der Waals surface area contributed by atoms with Gasteiger partial charge in [0.1, 0.15) is 6.07 Å². The summed E-state index contributed by atoms with van der Waals surface area (Å²) >= 11 is 0. The van der Waals surface area contributed by atoms with E-state index in [2.05, 4.69) is 11.4 Å². The molecule has 1 N–H and O–H groups in total. The average Bonchev–Trinajstić information content (AvgIpc) is 2.64. The fourth-order valence-electron chi connectivity index (χ4n) is 2.68. The Morgan fingerprint density at radius 1 is 0.792 bits per heavy atom. The number of nitriles is 1. The summed E-state index contributed by atoms with van der Waals surface area (Å²) < 4.78 is 0. The molecule has 0 heterocycles. The molecule has 0 radical (unpaired) electrons. The molecule has 0 aliphatic rings. The minimum atomic E-state index is -0.431. The van der Waals surface area contributed by atoms with Gasteiger partial charge in [-0.05, 0) is 23.3 Å². The van der Waals surface area contributed by atoms with Crippen LogP contribution in [0.2, 0.25) is 0 Å². The highest BCUT2D eigenvalue weighted by atomic mass is 16.1. The Kier molecular flexibility index (Phi) is 4.69. The lowest BCUT2D eigenvalue weighted by molar-refractivity contribution is -0.116. The molecule has 0 spiro atoms. The predicted molar refractivity (Wildman–Crippen MR) is 94.5 cm³/mol. The largest absolute Gasteiger partial charge is 0.324 e. The number of carbonyl (C=O) groups excluding carboxylic acids is 1. The summed E-state index contributed by atoms with van der Waals surface area (Å²) in [5, 5.41) is 12.1. The van der Waals surface area contributed by atoms with Crippen molar-refractivity contribution in [1.82, 2.24) is 0 Å². The lowest BCUT2D eigenvalue weighted by Crippen LogP contribution is -2.22. The van der Waals surface area contributed by atoms with Crippen LogP contribution in [0.1, 0.15) is 22.6 Å². The van der Waals surface area contributed by atoms with Gasteiger partial charge < -0.3 is 5.32 Å². The van der Waals surface area contributed by atoms with E-state index in [9.17, 15) is 10.1 Å². The molecule has 24 heavy (non-hydrogen) atoms. The smallest absolute Gasteiger partial charge is 0.236 e. The summed E-state index contributed by atoms with van der Waals surface area (Å²) in [6.45, 7) is 0. The van der Waals surface area contributed by atoms with Gasteiger partial charge in [-0.3, -0.25) is 4.79 Å². The minimum Gasteiger partial charge on any atom is -0.324 e. The molecule has 3 nitrogen and oxygen atoms in total. The molecule has 3 aromatic carbocycles. The maximum atomic E-state index is 13.0. The van der Waals surface area contributed by atoms with Crippen molar-refractivity contribution in [3.8, 4) is 6.07 Å². The molecule has 0 atom stereocenters. The first-order valence-corrected chi connectivity index (χ1v) is 7.69. The molecule has 116 valence electrons. The molecule has 0 bridgehead atoms. The molecule has 1 amide bonds. The van der Waals surface area contributed by atoms with E-state index in [0.717, 1.165) is 11.1 Å². The Balaban J connectivity index is 1.97. The van der Waals surface area contributed by atoms with E-state index in [1.165, 1.54) is 0 Å². The standard InChI is InChI=1S/C21H16N2O/c22-15-18-13-7-8-14-19(18)23-21(24)20(16-9-3-1-4-10-16)17-11-5-2-6-12-17/h1-14,20H,(H,23,24). The van der Waals surface area contributed by atoms with Gasteiger partial charge in [-0.25, -0.2) is 0 Å². The molecule has 0 aromatic heterocycles. The summed E-state index contributed by atoms with van der Waals surface area (Å²) in [6.07, 6.45) is 0. The van der Waals surface area contributed by atoms with Crippen LogP contribution in [0.15, 0.2) is 84.9 Å². The van der Waals surface area contributed by atoms with E-state index in [4.69, 9.17) is 0 Å². The number of nitrogens with one attached hydrogen (secondary N) is 1. The van der Waals surface area contributed by atoms with Gasteiger partial charge in [0, 0.05) is 0 Å². The van der Waals surface area contributed by atoms with Gasteiger partial charge in [0.05, 0.1) is 17.2 Å². The summed E-state index contributed by atoms with van der Waals surface area (Å²) in [5.41, 5.74) is 2.80. The van der Waals surface area contributed by atoms with Crippen LogP contribution < -0.4 is 5.32 Å². The third-order valence-corrected chi connectivity index (χ3v) is 3.83. The van der Waals surface area contributed by atoms with Crippen LogP contribution in [0.3, 0.4) is 0 Å². The van der Waals surface area contributed by atoms with Gasteiger partial charge in [-0.15, -0.1) is 0 Å². The van der Waals surface area contributed by atoms with Crippen molar-refractivity contribution in [2.45, 2.75) is 5.92 Å². The number of hydrogen-bond donors (Lipinski definition) is 1. The van der Waals surface area contributed by atoms with E-state index in [1.807, 2.05) is 60.7 Å². The Hall–Kier alpha value is -3.38. The first-order chi connectivity index (χ1) is 11.8. The van der Waals surface area contributed by atoms with Crippen LogP contribution >= 0.6 is 0 Å². The Morgan fingerprint density at radius 3 is 1.83 bits per heavy atom. The van der Waals surface area contributed by atoms with Gasteiger partial charge in [0.2, 0.25) is 5.91 Å². The van der Waals surface area contributed by atoms with Crippen molar-refractivity contribution in [2.24, 2.45) is 0 Å². The number of carbonyl (C=O) groups is 1. The van der Waals surface area contributed by atoms with Crippen molar-refractivity contribution in [2.75, 3.05) is 5.32 Å². The second-order valence-electron chi connectivity index (χ2n) is 5.40. The van der Waals surface area contributed by atoms with E-state index >= 15 is 0 Å². The molecule has 3 aromatic rings. The average molecular weight is 312 g/mol. The van der Waals surface area contributed by atoms with Crippen LogP contribution in [0, 0.1) is 11.3 Å². The van der Waals surface area contributed by atoms with Crippen molar-refractivity contribution in [3.63, 3.8) is 0 Å². The third kappa shape index (κ3) is 3.34. The number of amides is 1. The number of para-hydroxylation sites is 1. The van der Waals surface area contributed by atoms with Crippen LogP contribution in [-0.4, -0.2) is 5.91 Å². The zero-order chi connectivity index (χ0) is 16.8. The lowest BCUT2D eigenvalue weighted by atomic mass is 9.90. The first kappa shape index (κ1) is 15.5. The Morgan fingerprint density at radius 2 is 1.29 bits per heavy atom. The van der Waals surface area contributed by atoms with Gasteiger partial charge in [0.15, 0.2) is 0 Å². The number of anilines is 1. The molecule has 0 unspecified atom stereocenters. The Bertz CT molecular complexity index is 828. The second-order valence-corrected chi connectivity index (χ2v) is 5.40. The molecular formula is C21H16N2O. The number of benzene rings is 3. The lowest BCUT2D eigenvalue weighted by Gasteiger charge is -2.18. The summed E-state index contributed by atoms with van der Waals surface area (Å²) in [5.74, 6) is -0.589. The molecule has 3 heteroatoms. The third-order valence-electron chi connectivity index (χ3n) is 3.83. The van der Waals surface area contributed by atoms with Gasteiger partial charge >= 0.3 is 0 Å². The SMILES string of the molecule is N#Cc1ccccc1NC(=O)C(c1ccccc1)c1ccccc1. The van der Waals surface area contributed by atoms with E-state index in [0.29, 0.717) is 11.3 Å². The highest BCUT2D eigenvalue weighted by molar-refractivity contribution is 5.99. The topological polar surface area (TPSA) is 52.9 Å². The second kappa shape index (κ2) is 7.26. The van der Waals surface area contributed by atoms with Crippen molar-refractivity contribution >= 4 is 11.6 Å². The van der Waals surface area contributed by atoms with E-state index < -0.39 is 5.92 Å². The predicted octanol–water partition coefficient (Wildman–Crippen LogP) is 4.33. The normalized spacial score (nSPS) is 10.2. The van der Waals surface area contributed by atoms with Gasteiger partial charge in [-0.2, -0.15) is 5.26 Å². The molecule has 0 aliphatic carbocycles. The summed E-state index contributed by atoms with van der Waals surface area (Å²) in [4.78, 5) is 13.0. The van der Waals surface area contributed by atoms with Crippen LogP contribution in [0.25, 0.3) is 0 Å².